The Kier molecular flexibility index (Phi) is 5.72. The quantitative estimate of drug-likeness (QED) is 0.690. The van der Waals surface area contributed by atoms with Crippen molar-refractivity contribution in [3.05, 3.63) is 60.4 Å². The summed E-state index contributed by atoms with van der Waals surface area (Å²) >= 11 is 0. The van der Waals surface area contributed by atoms with Crippen LogP contribution in [0.25, 0.3) is 16.7 Å². The van der Waals surface area contributed by atoms with Crippen LogP contribution < -0.4 is 10.6 Å². The first-order chi connectivity index (χ1) is 13.7. The lowest BCUT2D eigenvalue weighted by molar-refractivity contribution is -0.122. The molecule has 2 N–H and O–H groups in total. The van der Waals surface area contributed by atoms with Crippen LogP contribution >= 0.6 is 0 Å². The summed E-state index contributed by atoms with van der Waals surface area (Å²) in [4.78, 5) is 16.8. The predicted molar refractivity (Wildman–Crippen MR) is 112 cm³/mol. The Bertz CT molecular complexity index is 925. The average molecular weight is 377 g/mol. The highest BCUT2D eigenvalue weighted by Gasteiger charge is 2.21. The molecule has 5 heteroatoms. The smallest absolute Gasteiger partial charge is 0.220 e. The number of hydrogen-bond acceptors (Lipinski definition) is 3. The van der Waals surface area contributed by atoms with Crippen molar-refractivity contribution in [2.45, 2.75) is 32.7 Å². The van der Waals surface area contributed by atoms with Crippen molar-refractivity contribution in [2.75, 3.05) is 13.1 Å². The molecule has 3 aromatic rings. The molecule has 0 saturated carbocycles. The minimum Gasteiger partial charge on any atom is -0.352 e. The Hall–Kier alpha value is -2.66. The largest absolute Gasteiger partial charge is 0.352 e. The lowest BCUT2D eigenvalue weighted by Gasteiger charge is -2.28. The first kappa shape index (κ1) is 18.7. The summed E-state index contributed by atoms with van der Waals surface area (Å²) in [6, 6.07) is 16.4. The normalized spacial score (nSPS) is 18.1. The van der Waals surface area contributed by atoms with Crippen molar-refractivity contribution < 1.29 is 4.79 Å². The molecule has 1 amide bonds. The number of nitrogens with zero attached hydrogens (tertiary/aromatic N) is 2. The standard InChI is InChI=1S/C23H28N4O/c1-17(19-5-4-12-24-15-19)13-23(28)25-14-18-8-10-20(11-9-18)27-16-26-21-6-2-3-7-22(21)27/h2-3,6-11,16-17,19,24H,4-5,12-15H2,1H3,(H,25,28). The molecule has 2 aromatic carbocycles. The number of hydrogen-bond donors (Lipinski definition) is 2. The molecule has 0 spiro atoms. The Morgan fingerprint density at radius 1 is 1.25 bits per heavy atom. The monoisotopic (exact) mass is 376 g/mol. The third-order valence-electron chi connectivity index (χ3n) is 5.80. The van der Waals surface area contributed by atoms with E-state index >= 15 is 0 Å². The maximum Gasteiger partial charge on any atom is 0.220 e. The second-order valence-electron chi connectivity index (χ2n) is 7.83. The van der Waals surface area contributed by atoms with Crippen molar-refractivity contribution in [1.29, 1.82) is 0 Å². The Labute approximate surface area is 166 Å². The molecule has 0 radical (unpaired) electrons. The zero-order chi connectivity index (χ0) is 19.3. The lowest BCUT2D eigenvalue weighted by Crippen LogP contribution is -2.35. The van der Waals surface area contributed by atoms with E-state index in [4.69, 9.17) is 0 Å². The van der Waals surface area contributed by atoms with Crippen molar-refractivity contribution in [3.63, 3.8) is 0 Å². The summed E-state index contributed by atoms with van der Waals surface area (Å²) < 4.78 is 2.08. The molecule has 0 aliphatic carbocycles. The maximum absolute atomic E-state index is 12.3. The third-order valence-corrected chi connectivity index (χ3v) is 5.80. The van der Waals surface area contributed by atoms with Gasteiger partial charge in [0.2, 0.25) is 5.91 Å². The van der Waals surface area contributed by atoms with Gasteiger partial charge in [0.15, 0.2) is 0 Å². The molecule has 146 valence electrons. The van der Waals surface area contributed by atoms with Crippen LogP contribution in [0.1, 0.15) is 31.7 Å². The summed E-state index contributed by atoms with van der Waals surface area (Å²) in [6.07, 6.45) is 4.90. The van der Waals surface area contributed by atoms with Gasteiger partial charge in [-0.15, -0.1) is 0 Å². The van der Waals surface area contributed by atoms with E-state index < -0.39 is 0 Å². The molecule has 2 heterocycles. The van der Waals surface area contributed by atoms with E-state index in [-0.39, 0.29) is 5.91 Å². The van der Waals surface area contributed by atoms with E-state index in [2.05, 4.69) is 57.4 Å². The van der Waals surface area contributed by atoms with Crippen LogP contribution in [0.3, 0.4) is 0 Å². The van der Waals surface area contributed by atoms with Crippen LogP contribution in [0.4, 0.5) is 0 Å². The summed E-state index contributed by atoms with van der Waals surface area (Å²) in [5.74, 6) is 1.18. The number of para-hydroxylation sites is 2. The SMILES string of the molecule is CC(CC(=O)NCc1ccc(-n2cnc3ccccc32)cc1)C1CCCNC1. The molecule has 2 atom stereocenters. The molecule has 1 saturated heterocycles. The highest BCUT2D eigenvalue weighted by molar-refractivity contribution is 5.77. The van der Waals surface area contributed by atoms with Crippen LogP contribution in [0.2, 0.25) is 0 Å². The first-order valence-electron chi connectivity index (χ1n) is 10.2. The van der Waals surface area contributed by atoms with Gasteiger partial charge in [-0.2, -0.15) is 0 Å². The number of carbonyl (C=O) groups excluding carboxylic acids is 1. The zero-order valence-corrected chi connectivity index (χ0v) is 16.4. The minimum absolute atomic E-state index is 0.141. The van der Waals surface area contributed by atoms with E-state index in [0.717, 1.165) is 35.4 Å². The van der Waals surface area contributed by atoms with Crippen molar-refractivity contribution in [1.82, 2.24) is 20.2 Å². The summed E-state index contributed by atoms with van der Waals surface area (Å²) in [5, 5.41) is 6.51. The van der Waals surface area contributed by atoms with Crippen LogP contribution in [0, 0.1) is 11.8 Å². The fourth-order valence-electron chi connectivity index (χ4n) is 4.04. The second kappa shape index (κ2) is 8.57. The van der Waals surface area contributed by atoms with Gasteiger partial charge < -0.3 is 10.6 Å². The van der Waals surface area contributed by atoms with Gasteiger partial charge in [0.1, 0.15) is 6.33 Å². The van der Waals surface area contributed by atoms with Gasteiger partial charge >= 0.3 is 0 Å². The van der Waals surface area contributed by atoms with E-state index in [9.17, 15) is 4.79 Å². The Morgan fingerprint density at radius 2 is 2.07 bits per heavy atom. The fourth-order valence-corrected chi connectivity index (χ4v) is 4.04. The number of imidazole rings is 1. The molecule has 1 aliphatic heterocycles. The summed E-state index contributed by atoms with van der Waals surface area (Å²) in [5.41, 5.74) is 4.26. The van der Waals surface area contributed by atoms with E-state index in [0.29, 0.717) is 24.8 Å². The number of carbonyl (C=O) groups is 1. The van der Waals surface area contributed by atoms with E-state index in [1.54, 1.807) is 0 Å². The second-order valence-corrected chi connectivity index (χ2v) is 7.83. The average Bonchev–Trinajstić information content (AvgIpc) is 3.17. The molecule has 1 fully saturated rings. The molecule has 1 aliphatic rings. The molecular formula is C23H28N4O. The number of fused-ring (bicyclic) bond motifs is 1. The molecule has 1 aromatic heterocycles. The minimum atomic E-state index is 0.141. The number of nitrogens with one attached hydrogen (secondary N) is 2. The number of amides is 1. The van der Waals surface area contributed by atoms with Gasteiger partial charge in [0.25, 0.3) is 0 Å². The zero-order valence-electron chi connectivity index (χ0n) is 16.4. The third kappa shape index (κ3) is 4.25. The molecule has 28 heavy (non-hydrogen) atoms. The molecule has 0 bridgehead atoms. The fraction of sp³-hybridized carbons (Fsp3) is 0.391. The number of piperidine rings is 1. The lowest BCUT2D eigenvalue weighted by atomic mass is 9.85. The number of aromatic nitrogens is 2. The van der Waals surface area contributed by atoms with Crippen molar-refractivity contribution in [3.8, 4) is 5.69 Å². The van der Waals surface area contributed by atoms with Gasteiger partial charge in [-0.05, 0) is 67.6 Å². The van der Waals surface area contributed by atoms with E-state index in [1.165, 1.54) is 12.8 Å². The Morgan fingerprint density at radius 3 is 2.86 bits per heavy atom. The van der Waals surface area contributed by atoms with Gasteiger partial charge in [-0.1, -0.05) is 31.2 Å². The maximum atomic E-state index is 12.3. The molecular weight excluding hydrogens is 348 g/mol. The van der Waals surface area contributed by atoms with Gasteiger partial charge in [0, 0.05) is 18.7 Å². The van der Waals surface area contributed by atoms with Crippen LogP contribution in [-0.2, 0) is 11.3 Å². The molecule has 2 unspecified atom stereocenters. The van der Waals surface area contributed by atoms with Crippen LogP contribution in [0.5, 0.6) is 0 Å². The van der Waals surface area contributed by atoms with Crippen molar-refractivity contribution in [2.24, 2.45) is 11.8 Å². The first-order valence-corrected chi connectivity index (χ1v) is 10.2. The van der Waals surface area contributed by atoms with Crippen molar-refractivity contribution >= 4 is 16.9 Å². The topological polar surface area (TPSA) is 59.0 Å². The highest BCUT2D eigenvalue weighted by Crippen LogP contribution is 2.22. The van der Waals surface area contributed by atoms with Gasteiger partial charge in [-0.3, -0.25) is 9.36 Å². The summed E-state index contributed by atoms with van der Waals surface area (Å²) in [6.45, 7) is 4.92. The predicted octanol–water partition coefficient (Wildman–Crippen LogP) is 3.67. The van der Waals surface area contributed by atoms with Gasteiger partial charge in [0.05, 0.1) is 11.0 Å². The van der Waals surface area contributed by atoms with Crippen LogP contribution in [-0.4, -0.2) is 28.5 Å². The van der Waals surface area contributed by atoms with Crippen LogP contribution in [0.15, 0.2) is 54.9 Å². The van der Waals surface area contributed by atoms with E-state index in [1.807, 2.05) is 24.5 Å². The molecule has 5 nitrogen and oxygen atoms in total. The molecule has 4 rings (SSSR count). The number of rotatable bonds is 6. The number of benzene rings is 2. The summed E-state index contributed by atoms with van der Waals surface area (Å²) in [7, 11) is 0. The highest BCUT2D eigenvalue weighted by atomic mass is 16.1. The Balaban J connectivity index is 1.32. The van der Waals surface area contributed by atoms with Gasteiger partial charge in [-0.25, -0.2) is 4.98 Å².